The van der Waals surface area contributed by atoms with E-state index >= 15 is 0 Å². The molecule has 4 aliphatic carbocycles. The standard InChI is InChI=1S/C18H23NO2/c1-3-7-15-13(5-1)9-11-17(15)20-19-21-18-12-10-14-6-2-4-8-16(14)18/h1-8,13-19H,9-12H2. The lowest BCUT2D eigenvalue weighted by Gasteiger charge is -2.25. The van der Waals surface area contributed by atoms with Gasteiger partial charge in [-0.2, -0.15) is 0 Å². The molecule has 4 aliphatic rings. The van der Waals surface area contributed by atoms with Crippen LogP contribution < -0.4 is 5.64 Å². The highest BCUT2D eigenvalue weighted by Gasteiger charge is 2.37. The molecule has 0 saturated heterocycles. The Labute approximate surface area is 126 Å². The van der Waals surface area contributed by atoms with E-state index in [0.29, 0.717) is 23.7 Å². The highest BCUT2D eigenvalue weighted by Crippen LogP contribution is 2.39. The van der Waals surface area contributed by atoms with Crippen molar-refractivity contribution < 1.29 is 9.68 Å². The van der Waals surface area contributed by atoms with E-state index in [1.165, 1.54) is 12.8 Å². The molecule has 0 radical (unpaired) electrons. The van der Waals surface area contributed by atoms with Crippen LogP contribution >= 0.6 is 0 Å². The molecule has 0 aliphatic heterocycles. The summed E-state index contributed by atoms with van der Waals surface area (Å²) in [6.07, 6.45) is 22.8. The number of rotatable bonds is 4. The first-order valence-corrected chi connectivity index (χ1v) is 8.18. The van der Waals surface area contributed by atoms with Crippen molar-refractivity contribution in [1.29, 1.82) is 0 Å². The summed E-state index contributed by atoms with van der Waals surface area (Å²) in [7, 11) is 0. The molecule has 2 saturated carbocycles. The Hall–Kier alpha value is -1.16. The van der Waals surface area contributed by atoms with Crippen molar-refractivity contribution in [2.75, 3.05) is 0 Å². The van der Waals surface area contributed by atoms with Crippen LogP contribution in [0.15, 0.2) is 48.6 Å². The summed E-state index contributed by atoms with van der Waals surface area (Å²) >= 11 is 0. The molecule has 0 aromatic rings. The van der Waals surface area contributed by atoms with Crippen molar-refractivity contribution in [3.63, 3.8) is 0 Å². The van der Waals surface area contributed by atoms with Crippen LogP contribution in [0.3, 0.4) is 0 Å². The Morgan fingerprint density at radius 2 is 1.10 bits per heavy atom. The average molecular weight is 285 g/mol. The predicted octanol–water partition coefficient (Wildman–Crippen LogP) is 3.48. The van der Waals surface area contributed by atoms with Crippen LogP contribution in [-0.2, 0) is 9.68 Å². The minimum atomic E-state index is 0.232. The van der Waals surface area contributed by atoms with Crippen LogP contribution in [0.1, 0.15) is 25.7 Å². The lowest BCUT2D eigenvalue weighted by Crippen LogP contribution is -2.33. The highest BCUT2D eigenvalue weighted by atomic mass is 16.9. The molecule has 4 rings (SSSR count). The minimum Gasteiger partial charge on any atom is -0.273 e. The van der Waals surface area contributed by atoms with Crippen molar-refractivity contribution >= 4 is 0 Å². The van der Waals surface area contributed by atoms with E-state index in [1.54, 1.807) is 0 Å². The van der Waals surface area contributed by atoms with Gasteiger partial charge in [-0.1, -0.05) is 54.3 Å². The second-order valence-electron chi connectivity index (χ2n) is 6.57. The lowest BCUT2D eigenvalue weighted by atomic mass is 9.91. The molecule has 0 spiro atoms. The van der Waals surface area contributed by atoms with Crippen molar-refractivity contribution in [2.45, 2.75) is 37.9 Å². The second kappa shape index (κ2) is 5.91. The van der Waals surface area contributed by atoms with E-state index in [4.69, 9.17) is 9.68 Å². The zero-order chi connectivity index (χ0) is 14.1. The SMILES string of the molecule is C1=CC2CCC(ONOC3CCC4C=CC=CC43)C2C=C1. The van der Waals surface area contributed by atoms with Gasteiger partial charge in [-0.05, 0) is 37.5 Å². The molecule has 0 amide bonds. The first-order chi connectivity index (χ1) is 10.4. The van der Waals surface area contributed by atoms with Gasteiger partial charge in [0.05, 0.1) is 12.2 Å². The Morgan fingerprint density at radius 1 is 0.619 bits per heavy atom. The summed E-state index contributed by atoms with van der Waals surface area (Å²) in [4.78, 5) is 11.6. The first-order valence-electron chi connectivity index (χ1n) is 8.18. The summed E-state index contributed by atoms with van der Waals surface area (Å²) in [6, 6.07) is 0. The molecule has 0 heterocycles. The maximum Gasteiger partial charge on any atom is 0.0885 e. The van der Waals surface area contributed by atoms with Gasteiger partial charge in [0.2, 0.25) is 0 Å². The molecule has 21 heavy (non-hydrogen) atoms. The molecule has 3 nitrogen and oxygen atoms in total. The molecular weight excluding hydrogens is 262 g/mol. The molecule has 6 unspecified atom stereocenters. The molecule has 112 valence electrons. The molecule has 6 atom stereocenters. The first kappa shape index (κ1) is 13.5. The third kappa shape index (κ3) is 2.66. The van der Waals surface area contributed by atoms with Crippen LogP contribution in [0, 0.1) is 23.7 Å². The van der Waals surface area contributed by atoms with Gasteiger partial charge in [-0.3, -0.25) is 9.68 Å². The third-order valence-electron chi connectivity index (χ3n) is 5.42. The van der Waals surface area contributed by atoms with Gasteiger partial charge in [0.15, 0.2) is 0 Å². The van der Waals surface area contributed by atoms with Crippen molar-refractivity contribution in [2.24, 2.45) is 23.7 Å². The summed E-state index contributed by atoms with van der Waals surface area (Å²) in [5.74, 6) is 2.29. The fourth-order valence-corrected chi connectivity index (χ4v) is 4.24. The molecule has 2 fully saturated rings. The number of hydrogen-bond donors (Lipinski definition) is 1. The Balaban J connectivity index is 1.27. The minimum absolute atomic E-state index is 0.232. The second-order valence-corrected chi connectivity index (χ2v) is 6.57. The van der Waals surface area contributed by atoms with Crippen LogP contribution in [0.4, 0.5) is 0 Å². The van der Waals surface area contributed by atoms with Gasteiger partial charge in [0, 0.05) is 11.8 Å². The summed E-state index contributed by atoms with van der Waals surface area (Å²) in [6.45, 7) is 0. The maximum absolute atomic E-state index is 5.81. The van der Waals surface area contributed by atoms with Gasteiger partial charge in [-0.25, -0.2) is 0 Å². The number of nitrogens with one attached hydrogen (secondary N) is 1. The Bertz CT molecular complexity index is 449. The van der Waals surface area contributed by atoms with Gasteiger partial charge < -0.3 is 0 Å². The van der Waals surface area contributed by atoms with E-state index in [9.17, 15) is 0 Å². The molecule has 0 aromatic heterocycles. The molecule has 0 bridgehead atoms. The zero-order valence-electron chi connectivity index (χ0n) is 12.2. The number of fused-ring (bicyclic) bond motifs is 2. The van der Waals surface area contributed by atoms with E-state index in [2.05, 4.69) is 54.3 Å². The van der Waals surface area contributed by atoms with Crippen LogP contribution in [0.25, 0.3) is 0 Å². The monoisotopic (exact) mass is 285 g/mol. The van der Waals surface area contributed by atoms with Crippen LogP contribution in [0.5, 0.6) is 0 Å². The van der Waals surface area contributed by atoms with Gasteiger partial charge >= 0.3 is 0 Å². The highest BCUT2D eigenvalue weighted by molar-refractivity contribution is 5.18. The van der Waals surface area contributed by atoms with Gasteiger partial charge in [0.1, 0.15) is 0 Å². The summed E-state index contributed by atoms with van der Waals surface area (Å²) < 4.78 is 0. The van der Waals surface area contributed by atoms with Crippen LogP contribution in [0.2, 0.25) is 0 Å². The van der Waals surface area contributed by atoms with Crippen molar-refractivity contribution in [3.8, 4) is 0 Å². The normalized spacial score (nSPS) is 43.2. The summed E-state index contributed by atoms with van der Waals surface area (Å²) in [5, 5.41) is 0. The predicted molar refractivity (Wildman–Crippen MR) is 81.9 cm³/mol. The molecule has 0 aromatic carbocycles. The molecule has 3 heteroatoms. The average Bonchev–Trinajstić information content (AvgIpc) is 3.13. The summed E-state index contributed by atoms with van der Waals surface area (Å²) in [5.41, 5.74) is 2.82. The number of allylic oxidation sites excluding steroid dienone is 6. The van der Waals surface area contributed by atoms with Gasteiger partial charge in [-0.15, -0.1) is 0 Å². The third-order valence-corrected chi connectivity index (χ3v) is 5.42. The zero-order valence-corrected chi connectivity index (χ0v) is 12.2. The fraction of sp³-hybridized carbons (Fsp3) is 0.556. The molecule has 1 N–H and O–H groups in total. The quantitative estimate of drug-likeness (QED) is 0.802. The number of hydrogen-bond acceptors (Lipinski definition) is 3. The Morgan fingerprint density at radius 3 is 1.62 bits per heavy atom. The Kier molecular flexibility index (Phi) is 3.80. The molecular formula is C18H23NO2. The lowest BCUT2D eigenvalue weighted by molar-refractivity contribution is -0.229. The fourth-order valence-electron chi connectivity index (χ4n) is 4.24. The van der Waals surface area contributed by atoms with E-state index < -0.39 is 0 Å². The van der Waals surface area contributed by atoms with E-state index in [-0.39, 0.29) is 12.2 Å². The van der Waals surface area contributed by atoms with E-state index in [0.717, 1.165) is 12.8 Å². The van der Waals surface area contributed by atoms with Gasteiger partial charge in [0.25, 0.3) is 0 Å². The van der Waals surface area contributed by atoms with Crippen LogP contribution in [-0.4, -0.2) is 12.2 Å². The van der Waals surface area contributed by atoms with E-state index in [1.807, 2.05) is 0 Å². The smallest absolute Gasteiger partial charge is 0.0885 e. The largest absolute Gasteiger partial charge is 0.273 e. The van der Waals surface area contributed by atoms with Crippen molar-refractivity contribution in [3.05, 3.63) is 48.6 Å². The maximum atomic E-state index is 5.81. The topological polar surface area (TPSA) is 30.5 Å². The van der Waals surface area contributed by atoms with Crippen molar-refractivity contribution in [1.82, 2.24) is 5.64 Å².